The summed E-state index contributed by atoms with van der Waals surface area (Å²) in [5.41, 5.74) is 3.82. The zero-order valence-electron chi connectivity index (χ0n) is 37.7. The molecule has 0 aliphatic rings. The van der Waals surface area contributed by atoms with Crippen molar-refractivity contribution < 1.29 is 22.2 Å². The summed E-state index contributed by atoms with van der Waals surface area (Å²) in [6, 6.07) is 24.3. The minimum Gasteiger partial charge on any atom is -0.455 e. The highest BCUT2D eigenvalue weighted by Crippen LogP contribution is 2.50. The summed E-state index contributed by atoms with van der Waals surface area (Å²) in [5, 5.41) is 0.687. The fourth-order valence-corrected chi connectivity index (χ4v) is 6.37. The topological polar surface area (TPSA) is 13.1 Å². The van der Waals surface area contributed by atoms with Crippen molar-refractivity contribution in [2.45, 2.75) is 0 Å². The molecule has 0 radical (unpaired) electrons. The lowest BCUT2D eigenvalue weighted by Crippen LogP contribution is -1.91. The molecule has 0 unspecified atom stereocenters. The van der Waals surface area contributed by atoms with Crippen LogP contribution in [0.5, 0.6) is 0 Å². The molecule has 1 aromatic heterocycles. The summed E-state index contributed by atoms with van der Waals surface area (Å²) in [6.07, 6.45) is 0. The van der Waals surface area contributed by atoms with Crippen molar-refractivity contribution in [3.8, 4) is 55.8 Å². The zero-order valence-corrected chi connectivity index (χ0v) is 24.7. The van der Waals surface area contributed by atoms with E-state index in [-0.39, 0.29) is 68.2 Å². The first-order valence-electron chi connectivity index (χ1n) is 21.5. The van der Waals surface area contributed by atoms with Crippen LogP contribution in [0.2, 0.25) is 0 Å². The highest BCUT2D eigenvalue weighted by Gasteiger charge is 2.25. The van der Waals surface area contributed by atoms with Crippen LogP contribution in [0.1, 0.15) is 17.8 Å². The Bertz CT molecular complexity index is 3160. The Balaban J connectivity index is 1.50. The molecule has 1 heterocycles. The maximum atomic E-state index is 9.50. The molecule has 0 saturated carbocycles. The Morgan fingerprint density at radius 3 is 1.49 bits per heavy atom. The maximum absolute atomic E-state index is 9.50. The lowest BCUT2D eigenvalue weighted by atomic mass is 9.84. The van der Waals surface area contributed by atoms with Gasteiger partial charge in [-0.3, -0.25) is 0 Å². The molecule has 0 amide bonds. The second-order valence-corrected chi connectivity index (χ2v) is 11.0. The molecule has 0 fully saturated rings. The molecular formula is C46H30O. The molecule has 9 rings (SSSR count). The minimum atomic E-state index is -0.532. The van der Waals surface area contributed by atoms with Crippen LogP contribution in [-0.2, 0) is 0 Å². The summed E-state index contributed by atoms with van der Waals surface area (Å²) in [7, 11) is 0. The van der Waals surface area contributed by atoms with Crippen molar-refractivity contribution in [1.29, 1.82) is 0 Å². The van der Waals surface area contributed by atoms with Gasteiger partial charge in [-0.1, -0.05) is 182 Å². The van der Waals surface area contributed by atoms with Gasteiger partial charge in [-0.2, -0.15) is 0 Å². The third-order valence-corrected chi connectivity index (χ3v) is 8.42. The van der Waals surface area contributed by atoms with Gasteiger partial charge in [0, 0.05) is 27.6 Å². The molecule has 1 heteroatoms. The Morgan fingerprint density at radius 2 is 0.872 bits per heavy atom. The number of para-hydroxylation sites is 1. The minimum absolute atomic E-state index is 0.00391. The van der Waals surface area contributed by atoms with Crippen LogP contribution in [0, 0.1) is 0 Å². The number of fused-ring (bicyclic) bond motifs is 3. The summed E-state index contributed by atoms with van der Waals surface area (Å²) >= 11 is 0. The predicted octanol–water partition coefficient (Wildman–Crippen LogP) is 13.1. The van der Waals surface area contributed by atoms with Crippen LogP contribution >= 0.6 is 0 Å². The first kappa shape index (κ1) is 16.9. The van der Waals surface area contributed by atoms with E-state index in [0.29, 0.717) is 38.8 Å². The van der Waals surface area contributed by atoms with E-state index < -0.39 is 54.4 Å². The van der Waals surface area contributed by atoms with E-state index in [4.69, 9.17) is 16.8 Å². The van der Waals surface area contributed by atoms with Crippen molar-refractivity contribution in [2.24, 2.45) is 0 Å². The highest BCUT2D eigenvalue weighted by molar-refractivity contribution is 6.25. The number of hydrogen-bond donors (Lipinski definition) is 0. The van der Waals surface area contributed by atoms with Crippen LogP contribution in [0.15, 0.2) is 186 Å². The van der Waals surface area contributed by atoms with E-state index in [1.807, 2.05) is 42.5 Å². The third kappa shape index (κ3) is 4.56. The molecule has 0 bridgehead atoms. The van der Waals surface area contributed by atoms with Crippen LogP contribution in [-0.4, -0.2) is 0 Å². The smallest absolute Gasteiger partial charge is 0.143 e. The van der Waals surface area contributed by atoms with Crippen molar-refractivity contribution in [3.63, 3.8) is 0 Å². The lowest BCUT2D eigenvalue weighted by Gasteiger charge is -2.18. The van der Waals surface area contributed by atoms with Crippen LogP contribution in [0.25, 0.3) is 88.3 Å². The van der Waals surface area contributed by atoms with Gasteiger partial charge in [0.15, 0.2) is 0 Å². The van der Waals surface area contributed by atoms with Gasteiger partial charge in [-0.15, -0.1) is 0 Å². The van der Waals surface area contributed by atoms with E-state index in [1.54, 1.807) is 60.7 Å². The van der Waals surface area contributed by atoms with Gasteiger partial charge in [0.2, 0.25) is 0 Å². The fraction of sp³-hybridized carbons (Fsp3) is 0. The quantitative estimate of drug-likeness (QED) is 0.176. The first-order valence-corrected chi connectivity index (χ1v) is 15.0. The molecule has 0 spiro atoms. The second kappa shape index (κ2) is 11.3. The monoisotopic (exact) mass is 611 g/mol. The van der Waals surface area contributed by atoms with Gasteiger partial charge in [0.25, 0.3) is 0 Å². The normalized spacial score (nSPS) is 15.3. The molecule has 220 valence electrons. The largest absolute Gasteiger partial charge is 0.455 e. The van der Waals surface area contributed by atoms with E-state index in [9.17, 15) is 5.48 Å². The van der Waals surface area contributed by atoms with Crippen LogP contribution in [0.4, 0.5) is 0 Å². The maximum Gasteiger partial charge on any atom is 0.143 e. The Hall–Kier alpha value is -6.18. The van der Waals surface area contributed by atoms with Gasteiger partial charge in [-0.25, -0.2) is 0 Å². The lowest BCUT2D eigenvalue weighted by molar-refractivity contribution is 0.633. The number of furan rings is 1. The van der Waals surface area contributed by atoms with Crippen molar-refractivity contribution in [3.05, 3.63) is 182 Å². The molecule has 0 atom stereocenters. The predicted molar refractivity (Wildman–Crippen MR) is 198 cm³/mol. The van der Waals surface area contributed by atoms with Crippen molar-refractivity contribution >= 4 is 32.5 Å². The molecule has 0 saturated heterocycles. The van der Waals surface area contributed by atoms with Crippen molar-refractivity contribution in [2.75, 3.05) is 0 Å². The molecule has 47 heavy (non-hydrogen) atoms. The molecular weight excluding hydrogens is 569 g/mol. The summed E-state index contributed by atoms with van der Waals surface area (Å²) < 4.78 is 122. The number of rotatable bonds is 5. The molecule has 0 aliphatic heterocycles. The molecule has 9 aromatic rings. The van der Waals surface area contributed by atoms with E-state index >= 15 is 0 Å². The summed E-state index contributed by atoms with van der Waals surface area (Å²) in [5.74, 6) is 0.205. The number of benzene rings is 8. The summed E-state index contributed by atoms with van der Waals surface area (Å²) in [6.45, 7) is 0. The standard InChI is InChI=1S/C46H30O/c1-4-15-31(16-5-1)32-27-29-35(30-28-32)45-44(41-26-14-25-36(46(41)47-45)33-17-6-2-7-18-33)43-39-23-12-10-21-37(39)42(34-19-8-3-9-20-34)38-22-11-13-24-40(38)43/h1-30H/i1D,4D,5D,10D,11D,12D,13D,15D,16D,21D,22D,23D,24D. The number of hydrogen-bond acceptors (Lipinski definition) is 1. The van der Waals surface area contributed by atoms with E-state index in [1.165, 1.54) is 0 Å². The molecule has 8 aromatic carbocycles. The van der Waals surface area contributed by atoms with E-state index in [0.717, 1.165) is 5.56 Å². The van der Waals surface area contributed by atoms with Gasteiger partial charge < -0.3 is 4.42 Å². The molecule has 1 nitrogen and oxygen atoms in total. The first-order chi connectivity index (χ1) is 28.7. The molecule has 0 aliphatic carbocycles. The Labute approximate surface area is 292 Å². The van der Waals surface area contributed by atoms with Crippen molar-refractivity contribution in [1.82, 2.24) is 0 Å². The zero-order chi connectivity index (χ0) is 42.5. The Morgan fingerprint density at radius 1 is 0.340 bits per heavy atom. The van der Waals surface area contributed by atoms with Gasteiger partial charge in [0.05, 0.1) is 17.8 Å². The highest BCUT2D eigenvalue weighted by atomic mass is 16.3. The average Bonchev–Trinajstić information content (AvgIpc) is 3.66. The van der Waals surface area contributed by atoms with Gasteiger partial charge in [0.1, 0.15) is 11.3 Å². The van der Waals surface area contributed by atoms with Crippen LogP contribution in [0.3, 0.4) is 0 Å². The fourth-order valence-electron chi connectivity index (χ4n) is 6.37. The van der Waals surface area contributed by atoms with Gasteiger partial charge in [-0.05, 0) is 49.4 Å². The molecule has 0 N–H and O–H groups in total. The summed E-state index contributed by atoms with van der Waals surface area (Å²) in [4.78, 5) is 0. The third-order valence-electron chi connectivity index (χ3n) is 8.42. The second-order valence-electron chi connectivity index (χ2n) is 11.0. The SMILES string of the molecule is [2H]c1c([2H])c([2H])c(-c2ccc(-c3oc4c(-c5ccccc5)cccc4c3-c3c4c([2H])c([2H])c([2H])c([2H])c4c(-c4ccccc4)c4c([2H])c([2H])c([2H])c([2H])c34)cc2)c([2H])c1[2H]. The average molecular weight is 612 g/mol. The van der Waals surface area contributed by atoms with Crippen LogP contribution < -0.4 is 0 Å². The Kier molecular flexibility index (Phi) is 4.08. The van der Waals surface area contributed by atoms with E-state index in [2.05, 4.69) is 0 Å². The van der Waals surface area contributed by atoms with Gasteiger partial charge >= 0.3 is 0 Å².